The van der Waals surface area contributed by atoms with Crippen molar-refractivity contribution >= 4 is 5.69 Å². The van der Waals surface area contributed by atoms with Crippen molar-refractivity contribution in [2.75, 3.05) is 31.7 Å². The standard InChI is InChI=1S/C18H31NO2/c1-3-5-6-7-8-9-14-19-17-10-12-18(13-11-17)21-16-15-20-4-2/h10-13,19H,3-9,14-16H2,1-2H3. The van der Waals surface area contributed by atoms with Crippen molar-refractivity contribution in [2.24, 2.45) is 0 Å². The minimum Gasteiger partial charge on any atom is -0.491 e. The Morgan fingerprint density at radius 1 is 0.857 bits per heavy atom. The molecule has 0 aromatic heterocycles. The van der Waals surface area contributed by atoms with Crippen LogP contribution in [0.2, 0.25) is 0 Å². The van der Waals surface area contributed by atoms with Crippen molar-refractivity contribution in [3.63, 3.8) is 0 Å². The average molecular weight is 293 g/mol. The first kappa shape index (κ1) is 17.8. The normalized spacial score (nSPS) is 10.6. The van der Waals surface area contributed by atoms with E-state index < -0.39 is 0 Å². The Morgan fingerprint density at radius 3 is 2.29 bits per heavy atom. The van der Waals surface area contributed by atoms with Gasteiger partial charge in [-0.2, -0.15) is 0 Å². The number of benzene rings is 1. The van der Waals surface area contributed by atoms with Crippen LogP contribution in [0.15, 0.2) is 24.3 Å². The Morgan fingerprint density at radius 2 is 1.57 bits per heavy atom. The molecule has 0 aliphatic heterocycles. The van der Waals surface area contributed by atoms with E-state index in [2.05, 4.69) is 24.4 Å². The highest BCUT2D eigenvalue weighted by Crippen LogP contribution is 2.16. The molecule has 1 rings (SSSR count). The lowest BCUT2D eigenvalue weighted by Gasteiger charge is -2.09. The van der Waals surface area contributed by atoms with Crippen molar-refractivity contribution in [3.05, 3.63) is 24.3 Å². The zero-order valence-electron chi connectivity index (χ0n) is 13.7. The third-order valence-electron chi connectivity index (χ3n) is 3.41. The second kappa shape index (κ2) is 12.5. The zero-order valence-corrected chi connectivity index (χ0v) is 13.7. The average Bonchev–Trinajstić information content (AvgIpc) is 2.52. The molecular weight excluding hydrogens is 262 g/mol. The lowest BCUT2D eigenvalue weighted by molar-refractivity contribution is 0.110. The fourth-order valence-electron chi connectivity index (χ4n) is 2.17. The molecule has 1 aromatic rings. The van der Waals surface area contributed by atoms with Gasteiger partial charge < -0.3 is 14.8 Å². The zero-order chi connectivity index (χ0) is 15.2. The van der Waals surface area contributed by atoms with Crippen LogP contribution in [0.1, 0.15) is 52.4 Å². The van der Waals surface area contributed by atoms with Gasteiger partial charge in [-0.1, -0.05) is 39.0 Å². The molecule has 0 aliphatic carbocycles. The molecule has 0 spiro atoms. The first-order chi connectivity index (χ1) is 10.4. The molecule has 0 unspecified atom stereocenters. The molecular formula is C18H31NO2. The van der Waals surface area contributed by atoms with Crippen LogP contribution in [0.4, 0.5) is 5.69 Å². The molecule has 0 aliphatic rings. The SMILES string of the molecule is CCCCCCCCNc1ccc(OCCOCC)cc1. The van der Waals surface area contributed by atoms with E-state index >= 15 is 0 Å². The number of rotatable bonds is 13. The molecule has 0 radical (unpaired) electrons. The summed E-state index contributed by atoms with van der Waals surface area (Å²) in [6.45, 7) is 7.30. The van der Waals surface area contributed by atoms with Crippen molar-refractivity contribution in [1.82, 2.24) is 0 Å². The van der Waals surface area contributed by atoms with Gasteiger partial charge in [0.15, 0.2) is 0 Å². The van der Waals surface area contributed by atoms with Crippen LogP contribution >= 0.6 is 0 Å². The maximum Gasteiger partial charge on any atom is 0.119 e. The second-order valence-corrected chi connectivity index (χ2v) is 5.26. The van der Waals surface area contributed by atoms with E-state index in [9.17, 15) is 0 Å². The Bertz CT molecular complexity index is 338. The summed E-state index contributed by atoms with van der Waals surface area (Å²) in [4.78, 5) is 0. The maximum absolute atomic E-state index is 5.59. The first-order valence-electron chi connectivity index (χ1n) is 8.41. The summed E-state index contributed by atoms with van der Waals surface area (Å²) >= 11 is 0. The molecule has 0 heterocycles. The number of nitrogens with one attached hydrogen (secondary N) is 1. The highest BCUT2D eigenvalue weighted by molar-refractivity contribution is 5.46. The van der Waals surface area contributed by atoms with Gasteiger partial charge in [0.2, 0.25) is 0 Å². The lowest BCUT2D eigenvalue weighted by atomic mass is 10.1. The molecule has 1 aromatic carbocycles. The summed E-state index contributed by atoms with van der Waals surface area (Å²) in [5.41, 5.74) is 1.17. The number of unbranched alkanes of at least 4 members (excludes halogenated alkanes) is 5. The molecule has 3 nitrogen and oxygen atoms in total. The van der Waals surface area contributed by atoms with Gasteiger partial charge in [0.05, 0.1) is 6.61 Å². The van der Waals surface area contributed by atoms with Crippen LogP contribution in [0.25, 0.3) is 0 Å². The fourth-order valence-corrected chi connectivity index (χ4v) is 2.17. The largest absolute Gasteiger partial charge is 0.491 e. The molecule has 0 saturated carbocycles. The third kappa shape index (κ3) is 9.35. The maximum atomic E-state index is 5.59. The number of hydrogen-bond donors (Lipinski definition) is 1. The molecule has 1 N–H and O–H groups in total. The third-order valence-corrected chi connectivity index (χ3v) is 3.41. The van der Waals surface area contributed by atoms with Crippen molar-refractivity contribution in [2.45, 2.75) is 52.4 Å². The van der Waals surface area contributed by atoms with Crippen molar-refractivity contribution in [3.8, 4) is 5.75 Å². The highest BCUT2D eigenvalue weighted by Gasteiger charge is 1.96. The summed E-state index contributed by atoms with van der Waals surface area (Å²) < 4.78 is 10.8. The van der Waals surface area contributed by atoms with Gasteiger partial charge in [-0.25, -0.2) is 0 Å². The van der Waals surface area contributed by atoms with Gasteiger partial charge in [0, 0.05) is 18.8 Å². The van der Waals surface area contributed by atoms with Crippen molar-refractivity contribution < 1.29 is 9.47 Å². The molecule has 3 heteroatoms. The van der Waals surface area contributed by atoms with Gasteiger partial charge in [0.25, 0.3) is 0 Å². The van der Waals surface area contributed by atoms with E-state index in [0.29, 0.717) is 13.2 Å². The topological polar surface area (TPSA) is 30.5 Å². The van der Waals surface area contributed by atoms with Crippen LogP contribution in [0.3, 0.4) is 0 Å². The van der Waals surface area contributed by atoms with Crippen LogP contribution in [0, 0.1) is 0 Å². The Balaban J connectivity index is 2.07. The second-order valence-electron chi connectivity index (χ2n) is 5.26. The first-order valence-corrected chi connectivity index (χ1v) is 8.41. The summed E-state index contributed by atoms with van der Waals surface area (Å²) in [6.07, 6.45) is 8.00. The monoisotopic (exact) mass is 293 g/mol. The Hall–Kier alpha value is -1.22. The Labute approximate surface area is 130 Å². The number of ether oxygens (including phenoxy) is 2. The van der Waals surface area contributed by atoms with Crippen LogP contribution in [-0.2, 0) is 4.74 Å². The quantitative estimate of drug-likeness (QED) is 0.526. The van der Waals surface area contributed by atoms with E-state index in [0.717, 1.165) is 18.9 Å². The van der Waals surface area contributed by atoms with Crippen LogP contribution in [-0.4, -0.2) is 26.4 Å². The Kier molecular flexibility index (Phi) is 10.6. The summed E-state index contributed by atoms with van der Waals surface area (Å²) in [5.74, 6) is 0.903. The van der Waals surface area contributed by atoms with E-state index in [4.69, 9.17) is 9.47 Å². The van der Waals surface area contributed by atoms with Gasteiger partial charge in [-0.3, -0.25) is 0 Å². The molecule has 0 amide bonds. The molecule has 0 saturated heterocycles. The molecule has 21 heavy (non-hydrogen) atoms. The summed E-state index contributed by atoms with van der Waals surface area (Å²) in [7, 11) is 0. The van der Waals surface area contributed by atoms with E-state index in [-0.39, 0.29) is 0 Å². The molecule has 120 valence electrons. The van der Waals surface area contributed by atoms with E-state index in [1.54, 1.807) is 0 Å². The number of hydrogen-bond acceptors (Lipinski definition) is 3. The molecule has 0 bridgehead atoms. The highest BCUT2D eigenvalue weighted by atomic mass is 16.5. The van der Waals surface area contributed by atoms with E-state index in [1.165, 1.54) is 44.2 Å². The van der Waals surface area contributed by atoms with E-state index in [1.807, 2.05) is 19.1 Å². The minimum absolute atomic E-state index is 0.609. The van der Waals surface area contributed by atoms with Crippen LogP contribution in [0.5, 0.6) is 5.75 Å². The van der Waals surface area contributed by atoms with Gasteiger partial charge in [-0.15, -0.1) is 0 Å². The van der Waals surface area contributed by atoms with Crippen molar-refractivity contribution in [1.29, 1.82) is 0 Å². The fraction of sp³-hybridized carbons (Fsp3) is 0.667. The minimum atomic E-state index is 0.609. The predicted octanol–water partition coefficient (Wildman–Crippen LogP) is 4.87. The summed E-state index contributed by atoms with van der Waals surface area (Å²) in [6, 6.07) is 8.17. The molecule has 0 fully saturated rings. The van der Waals surface area contributed by atoms with Gasteiger partial charge >= 0.3 is 0 Å². The van der Waals surface area contributed by atoms with Gasteiger partial charge in [0.1, 0.15) is 12.4 Å². The summed E-state index contributed by atoms with van der Waals surface area (Å²) in [5, 5.41) is 3.46. The van der Waals surface area contributed by atoms with Crippen LogP contribution < -0.4 is 10.1 Å². The predicted molar refractivity (Wildman–Crippen MR) is 90.3 cm³/mol. The molecule has 0 atom stereocenters. The number of anilines is 1. The lowest BCUT2D eigenvalue weighted by Crippen LogP contribution is -2.06. The smallest absolute Gasteiger partial charge is 0.119 e. The van der Waals surface area contributed by atoms with Gasteiger partial charge in [-0.05, 0) is 37.6 Å².